The SMILES string of the molecule is COc1cc2c(cc1F)c1c(n2CCN)CCC1. The quantitative estimate of drug-likeness (QED) is 0.905. The summed E-state index contributed by atoms with van der Waals surface area (Å²) in [5, 5.41) is 1.02. The summed E-state index contributed by atoms with van der Waals surface area (Å²) in [6.45, 7) is 1.37. The van der Waals surface area contributed by atoms with Crippen LogP contribution in [0, 0.1) is 5.82 Å². The van der Waals surface area contributed by atoms with E-state index in [1.165, 1.54) is 18.4 Å². The molecule has 2 aromatic rings. The average Bonchev–Trinajstić information content (AvgIpc) is 2.93. The Bertz CT molecular complexity index is 604. The van der Waals surface area contributed by atoms with Crippen molar-refractivity contribution >= 4 is 10.9 Å². The maximum Gasteiger partial charge on any atom is 0.165 e. The topological polar surface area (TPSA) is 40.2 Å². The van der Waals surface area contributed by atoms with Gasteiger partial charge in [-0.2, -0.15) is 0 Å². The lowest BCUT2D eigenvalue weighted by atomic mass is 10.1. The molecule has 0 spiro atoms. The van der Waals surface area contributed by atoms with Crippen LogP contribution < -0.4 is 10.5 Å². The van der Waals surface area contributed by atoms with Gasteiger partial charge in [0.15, 0.2) is 11.6 Å². The molecule has 0 fully saturated rings. The summed E-state index contributed by atoms with van der Waals surface area (Å²) in [5.74, 6) is 0.0153. The first kappa shape index (κ1) is 11.5. The summed E-state index contributed by atoms with van der Waals surface area (Å²) < 4.78 is 21.1. The molecule has 0 amide bonds. The Morgan fingerprint density at radius 3 is 2.94 bits per heavy atom. The zero-order valence-corrected chi connectivity index (χ0v) is 10.5. The lowest BCUT2D eigenvalue weighted by molar-refractivity contribution is 0.387. The van der Waals surface area contributed by atoms with Crippen LogP contribution in [0.5, 0.6) is 5.75 Å². The molecule has 1 aliphatic rings. The molecule has 3 nitrogen and oxygen atoms in total. The van der Waals surface area contributed by atoms with Gasteiger partial charge in [-0.1, -0.05) is 0 Å². The normalized spacial score (nSPS) is 14.2. The van der Waals surface area contributed by atoms with E-state index in [0.717, 1.165) is 36.7 Å². The number of nitrogens with two attached hydrogens (primary N) is 1. The minimum atomic E-state index is -0.287. The maximum absolute atomic E-state index is 13.8. The molecule has 1 aliphatic carbocycles. The lowest BCUT2D eigenvalue weighted by Gasteiger charge is -2.09. The summed E-state index contributed by atoms with van der Waals surface area (Å²) in [6.07, 6.45) is 3.25. The highest BCUT2D eigenvalue weighted by atomic mass is 19.1. The van der Waals surface area contributed by atoms with Crippen molar-refractivity contribution < 1.29 is 9.13 Å². The lowest BCUT2D eigenvalue weighted by Crippen LogP contribution is -2.11. The standard InChI is InChI=1S/C14H17FN2O/c1-18-14-8-13-10(7-11(14)15)9-3-2-4-12(9)17(13)6-5-16/h7-8H,2-6,16H2,1H3. The van der Waals surface area contributed by atoms with Crippen LogP contribution >= 0.6 is 0 Å². The van der Waals surface area contributed by atoms with Crippen LogP contribution in [0.2, 0.25) is 0 Å². The molecular weight excluding hydrogens is 231 g/mol. The second-order valence-electron chi connectivity index (χ2n) is 4.72. The molecule has 0 unspecified atom stereocenters. The van der Waals surface area contributed by atoms with Crippen molar-refractivity contribution in [2.75, 3.05) is 13.7 Å². The maximum atomic E-state index is 13.8. The van der Waals surface area contributed by atoms with Gasteiger partial charge in [-0.05, 0) is 30.9 Å². The number of fused-ring (bicyclic) bond motifs is 3. The number of aromatic nitrogens is 1. The number of nitrogens with zero attached hydrogens (tertiary/aromatic N) is 1. The van der Waals surface area contributed by atoms with Crippen molar-refractivity contribution in [3.63, 3.8) is 0 Å². The van der Waals surface area contributed by atoms with Gasteiger partial charge in [-0.15, -0.1) is 0 Å². The second kappa shape index (κ2) is 4.28. The van der Waals surface area contributed by atoms with Gasteiger partial charge in [0.25, 0.3) is 0 Å². The summed E-state index contributed by atoms with van der Waals surface area (Å²) in [7, 11) is 1.49. The smallest absolute Gasteiger partial charge is 0.165 e. The van der Waals surface area contributed by atoms with Gasteiger partial charge in [0, 0.05) is 30.2 Å². The summed E-state index contributed by atoms with van der Waals surface area (Å²) in [5.41, 5.74) is 9.34. The van der Waals surface area contributed by atoms with E-state index in [-0.39, 0.29) is 5.82 Å². The van der Waals surface area contributed by atoms with Crippen LogP contribution in [-0.2, 0) is 19.4 Å². The highest BCUT2D eigenvalue weighted by molar-refractivity contribution is 5.87. The van der Waals surface area contributed by atoms with E-state index in [1.54, 1.807) is 12.1 Å². The Kier molecular flexibility index (Phi) is 2.74. The Labute approximate surface area is 105 Å². The summed E-state index contributed by atoms with van der Waals surface area (Å²) in [6, 6.07) is 3.39. The van der Waals surface area contributed by atoms with Crippen LogP contribution in [0.3, 0.4) is 0 Å². The first-order valence-electron chi connectivity index (χ1n) is 6.33. The third-order valence-electron chi connectivity index (χ3n) is 3.75. The van der Waals surface area contributed by atoms with Crippen LogP contribution in [-0.4, -0.2) is 18.2 Å². The number of hydrogen-bond acceptors (Lipinski definition) is 2. The first-order valence-corrected chi connectivity index (χ1v) is 6.33. The fourth-order valence-electron chi connectivity index (χ4n) is 3.01. The monoisotopic (exact) mass is 248 g/mol. The van der Waals surface area contributed by atoms with Crippen LogP contribution in [0.4, 0.5) is 4.39 Å². The molecule has 0 aliphatic heterocycles. The van der Waals surface area contributed by atoms with Gasteiger partial charge >= 0.3 is 0 Å². The zero-order chi connectivity index (χ0) is 12.7. The average molecular weight is 248 g/mol. The van der Waals surface area contributed by atoms with Crippen LogP contribution in [0.15, 0.2) is 12.1 Å². The predicted octanol–water partition coefficient (Wildman–Crippen LogP) is 2.24. The number of hydrogen-bond donors (Lipinski definition) is 1. The number of methoxy groups -OCH3 is 1. The number of benzene rings is 1. The number of rotatable bonds is 3. The van der Waals surface area contributed by atoms with Gasteiger partial charge < -0.3 is 15.0 Å². The Morgan fingerprint density at radius 2 is 2.22 bits per heavy atom. The molecule has 2 N–H and O–H groups in total. The van der Waals surface area contributed by atoms with Crippen molar-refractivity contribution in [1.82, 2.24) is 4.57 Å². The highest BCUT2D eigenvalue weighted by Crippen LogP contribution is 2.36. The van der Waals surface area contributed by atoms with E-state index < -0.39 is 0 Å². The second-order valence-corrected chi connectivity index (χ2v) is 4.72. The van der Waals surface area contributed by atoms with Gasteiger partial charge in [-0.25, -0.2) is 4.39 Å². The third kappa shape index (κ3) is 1.52. The molecule has 3 rings (SSSR count). The molecule has 1 aromatic carbocycles. The van der Waals surface area contributed by atoms with Crippen LogP contribution in [0.1, 0.15) is 17.7 Å². The fourth-order valence-corrected chi connectivity index (χ4v) is 3.01. The minimum Gasteiger partial charge on any atom is -0.494 e. The minimum absolute atomic E-state index is 0.287. The Hall–Kier alpha value is -1.55. The van der Waals surface area contributed by atoms with Gasteiger partial charge in [0.1, 0.15) is 0 Å². The summed E-state index contributed by atoms with van der Waals surface area (Å²) in [4.78, 5) is 0. The zero-order valence-electron chi connectivity index (χ0n) is 10.5. The van der Waals surface area contributed by atoms with Crippen molar-refractivity contribution in [3.05, 3.63) is 29.2 Å². The molecule has 18 heavy (non-hydrogen) atoms. The van der Waals surface area contributed by atoms with E-state index in [9.17, 15) is 4.39 Å². The van der Waals surface area contributed by atoms with Crippen molar-refractivity contribution in [2.45, 2.75) is 25.8 Å². The molecule has 4 heteroatoms. The molecule has 0 saturated heterocycles. The van der Waals surface area contributed by atoms with E-state index in [1.807, 2.05) is 0 Å². The fraction of sp³-hybridized carbons (Fsp3) is 0.429. The first-order chi connectivity index (χ1) is 8.76. The van der Waals surface area contributed by atoms with E-state index in [2.05, 4.69) is 4.57 Å². The van der Waals surface area contributed by atoms with E-state index in [0.29, 0.717) is 12.3 Å². The molecule has 0 saturated carbocycles. The molecule has 1 heterocycles. The summed E-state index contributed by atoms with van der Waals surface area (Å²) >= 11 is 0. The highest BCUT2D eigenvalue weighted by Gasteiger charge is 2.22. The molecule has 0 atom stereocenters. The van der Waals surface area contributed by atoms with Gasteiger partial charge in [-0.3, -0.25) is 0 Å². The van der Waals surface area contributed by atoms with Crippen molar-refractivity contribution in [3.8, 4) is 5.75 Å². The Morgan fingerprint density at radius 1 is 1.39 bits per heavy atom. The molecule has 1 aromatic heterocycles. The van der Waals surface area contributed by atoms with E-state index in [4.69, 9.17) is 10.5 Å². The molecular formula is C14H17FN2O. The van der Waals surface area contributed by atoms with Gasteiger partial charge in [0.2, 0.25) is 0 Å². The van der Waals surface area contributed by atoms with Gasteiger partial charge in [0.05, 0.1) is 12.6 Å². The van der Waals surface area contributed by atoms with Crippen molar-refractivity contribution in [1.29, 1.82) is 0 Å². The molecule has 96 valence electrons. The van der Waals surface area contributed by atoms with E-state index >= 15 is 0 Å². The molecule has 0 radical (unpaired) electrons. The number of halogens is 1. The third-order valence-corrected chi connectivity index (χ3v) is 3.75. The number of ether oxygens (including phenoxy) is 1. The number of aryl methyl sites for hydroxylation is 1. The largest absolute Gasteiger partial charge is 0.494 e. The van der Waals surface area contributed by atoms with Crippen LogP contribution in [0.25, 0.3) is 10.9 Å². The van der Waals surface area contributed by atoms with Crippen molar-refractivity contribution in [2.24, 2.45) is 5.73 Å². The molecule has 0 bridgehead atoms. The Balaban J connectivity index is 2.30. The predicted molar refractivity (Wildman–Crippen MR) is 69.5 cm³/mol.